The first-order valence-corrected chi connectivity index (χ1v) is 14.5. The van der Waals surface area contributed by atoms with Crippen LogP contribution < -0.4 is 20.1 Å². The lowest BCUT2D eigenvalue weighted by Gasteiger charge is -2.29. The van der Waals surface area contributed by atoms with E-state index in [4.69, 9.17) is 14.2 Å². The van der Waals surface area contributed by atoms with Crippen LogP contribution in [0, 0.1) is 0 Å². The summed E-state index contributed by atoms with van der Waals surface area (Å²) in [6.45, 7) is 9.75. The molecule has 11 heteroatoms. The van der Waals surface area contributed by atoms with Gasteiger partial charge in [0, 0.05) is 24.0 Å². The minimum absolute atomic E-state index is 0.0824. The molecule has 0 bridgehead atoms. The summed E-state index contributed by atoms with van der Waals surface area (Å²) in [5.74, 6) is 0.139. The van der Waals surface area contributed by atoms with Crippen LogP contribution >= 0.6 is 0 Å². The molecular formula is C30H42N4O7. The molecule has 1 saturated carbocycles. The van der Waals surface area contributed by atoms with Crippen molar-refractivity contribution < 1.29 is 33.7 Å². The number of hydrogen-bond acceptors (Lipinski definition) is 8. The van der Waals surface area contributed by atoms with Gasteiger partial charge in [-0.25, -0.2) is 9.78 Å². The van der Waals surface area contributed by atoms with Crippen molar-refractivity contribution in [2.45, 2.75) is 103 Å². The molecule has 1 aliphatic heterocycles. The van der Waals surface area contributed by atoms with Crippen LogP contribution in [0.5, 0.6) is 11.6 Å². The molecule has 0 spiro atoms. The van der Waals surface area contributed by atoms with Crippen LogP contribution in [0.4, 0.5) is 4.79 Å². The summed E-state index contributed by atoms with van der Waals surface area (Å²) >= 11 is 0. The molecule has 3 N–H and O–H groups in total. The van der Waals surface area contributed by atoms with Crippen molar-refractivity contribution in [2.24, 2.45) is 0 Å². The Morgan fingerprint density at radius 2 is 1.93 bits per heavy atom. The summed E-state index contributed by atoms with van der Waals surface area (Å²) in [5.41, 5.74) is -0.769. The van der Waals surface area contributed by atoms with Gasteiger partial charge in [-0.2, -0.15) is 0 Å². The zero-order valence-electron chi connectivity index (χ0n) is 24.5. The van der Waals surface area contributed by atoms with Crippen LogP contribution in [-0.2, 0) is 14.3 Å². The number of carbonyl (C=O) groups excluding carboxylic acids is 3. The summed E-state index contributed by atoms with van der Waals surface area (Å²) in [7, 11) is 0. The Labute approximate surface area is 240 Å². The van der Waals surface area contributed by atoms with Crippen LogP contribution in [0.15, 0.2) is 30.5 Å². The highest BCUT2D eigenvalue weighted by molar-refractivity contribution is 5.89. The number of aliphatic hydroxyl groups is 1. The van der Waals surface area contributed by atoms with Crippen LogP contribution in [0.25, 0.3) is 10.8 Å². The maximum atomic E-state index is 13.6. The van der Waals surface area contributed by atoms with E-state index in [1.165, 1.54) is 4.90 Å². The smallest absolute Gasteiger partial charge is 0.411 e. The molecule has 1 aromatic carbocycles. The predicted molar refractivity (Wildman–Crippen MR) is 153 cm³/mol. The minimum atomic E-state index is -1.40. The number of ether oxygens (including phenoxy) is 3. The number of rotatable bonds is 11. The topological polar surface area (TPSA) is 139 Å². The maximum Gasteiger partial charge on any atom is 0.411 e. The monoisotopic (exact) mass is 570 g/mol. The molecule has 4 rings (SSSR count). The van der Waals surface area contributed by atoms with E-state index in [1.807, 2.05) is 38.1 Å². The minimum Gasteiger partial charge on any atom is -0.494 e. The molecule has 2 aliphatic rings. The summed E-state index contributed by atoms with van der Waals surface area (Å²) in [5, 5.41) is 18.0. The highest BCUT2D eigenvalue weighted by Crippen LogP contribution is 2.31. The van der Waals surface area contributed by atoms with Gasteiger partial charge < -0.3 is 30.0 Å². The van der Waals surface area contributed by atoms with Crippen molar-refractivity contribution in [3.63, 3.8) is 0 Å². The van der Waals surface area contributed by atoms with Crippen molar-refractivity contribution in [3.8, 4) is 11.6 Å². The van der Waals surface area contributed by atoms with Crippen LogP contribution in [-0.4, -0.2) is 82.0 Å². The van der Waals surface area contributed by atoms with Crippen molar-refractivity contribution in [1.29, 1.82) is 0 Å². The van der Waals surface area contributed by atoms with E-state index in [0.29, 0.717) is 25.3 Å². The normalized spacial score (nSPS) is 20.3. The third-order valence-electron chi connectivity index (χ3n) is 6.98. The summed E-state index contributed by atoms with van der Waals surface area (Å²) in [4.78, 5) is 45.1. The summed E-state index contributed by atoms with van der Waals surface area (Å²) in [6, 6.07) is 5.84. The fourth-order valence-corrected chi connectivity index (χ4v) is 4.89. The van der Waals surface area contributed by atoms with E-state index in [-0.39, 0.29) is 19.0 Å². The SMILES string of the molecule is CCC[C@H](NC(=O)[C@@H]1CC(Oc2nccc3cc(OCC)ccc23)CN1C(=O)OC(C)(C)C)C(O)C(=O)NC1CC1. The number of carbonyl (C=O) groups is 3. The maximum absolute atomic E-state index is 13.6. The van der Waals surface area contributed by atoms with Gasteiger partial charge in [-0.05, 0) is 76.6 Å². The zero-order valence-corrected chi connectivity index (χ0v) is 24.5. The molecule has 11 nitrogen and oxygen atoms in total. The summed E-state index contributed by atoms with van der Waals surface area (Å²) in [6.07, 6.45) is 2.05. The lowest BCUT2D eigenvalue weighted by atomic mass is 10.0. The number of amides is 3. The van der Waals surface area contributed by atoms with Gasteiger partial charge in [0.15, 0.2) is 6.10 Å². The number of benzene rings is 1. The van der Waals surface area contributed by atoms with E-state index in [2.05, 4.69) is 15.6 Å². The first-order valence-electron chi connectivity index (χ1n) is 14.5. The molecule has 3 amide bonds. The molecule has 0 radical (unpaired) electrons. The number of likely N-dealkylation sites (tertiary alicyclic amines) is 1. The fraction of sp³-hybridized carbons (Fsp3) is 0.600. The number of aliphatic hydroxyl groups excluding tert-OH is 1. The van der Waals surface area contributed by atoms with Gasteiger partial charge in [-0.3, -0.25) is 14.5 Å². The van der Waals surface area contributed by atoms with Gasteiger partial charge in [0.25, 0.3) is 5.91 Å². The van der Waals surface area contributed by atoms with Crippen molar-refractivity contribution in [3.05, 3.63) is 30.5 Å². The average Bonchev–Trinajstić information content (AvgIpc) is 3.62. The lowest BCUT2D eigenvalue weighted by Crippen LogP contribution is -2.55. The van der Waals surface area contributed by atoms with Crippen LogP contribution in [0.3, 0.4) is 0 Å². The van der Waals surface area contributed by atoms with Gasteiger partial charge in [0.2, 0.25) is 11.8 Å². The van der Waals surface area contributed by atoms with E-state index in [0.717, 1.165) is 29.4 Å². The predicted octanol–water partition coefficient (Wildman–Crippen LogP) is 3.31. The Morgan fingerprint density at radius 3 is 2.59 bits per heavy atom. The highest BCUT2D eigenvalue weighted by Gasteiger charge is 2.44. The molecule has 2 unspecified atom stereocenters. The number of pyridine rings is 1. The molecule has 2 aromatic rings. The standard InChI is InChI=1S/C30H42N4O7/c1-6-8-23(25(35)27(37)32-19-9-10-19)33-26(36)24-16-21(17-34(24)29(38)41-30(3,4)5)40-28-22-12-11-20(39-7-2)15-18(22)13-14-31-28/h11-15,19,21,23-25,35H,6-10,16-17H2,1-5H3,(H,32,37)(H,33,36)/t21?,23-,24-,25?/m0/s1. The third kappa shape index (κ3) is 8.00. The van der Waals surface area contributed by atoms with E-state index >= 15 is 0 Å². The number of hydrogen-bond donors (Lipinski definition) is 3. The zero-order chi connectivity index (χ0) is 29.7. The van der Waals surface area contributed by atoms with Gasteiger partial charge in [0.05, 0.1) is 19.2 Å². The molecule has 224 valence electrons. The quantitative estimate of drug-likeness (QED) is 0.374. The second kappa shape index (κ2) is 12.9. The number of aromatic nitrogens is 1. The van der Waals surface area contributed by atoms with Crippen molar-refractivity contribution in [1.82, 2.24) is 20.5 Å². The second-order valence-electron chi connectivity index (χ2n) is 11.7. The third-order valence-corrected chi connectivity index (χ3v) is 6.98. The van der Waals surface area contributed by atoms with Crippen LogP contribution in [0.1, 0.15) is 66.7 Å². The first kappa shape index (κ1) is 30.4. The fourth-order valence-electron chi connectivity index (χ4n) is 4.89. The Balaban J connectivity index is 1.52. The molecule has 1 aliphatic carbocycles. The first-order chi connectivity index (χ1) is 19.5. The van der Waals surface area contributed by atoms with Crippen molar-refractivity contribution in [2.75, 3.05) is 13.2 Å². The Hall–Kier alpha value is -3.60. The number of fused-ring (bicyclic) bond motifs is 1. The Kier molecular flexibility index (Phi) is 9.57. The van der Waals surface area contributed by atoms with E-state index in [1.54, 1.807) is 27.0 Å². The highest BCUT2D eigenvalue weighted by atomic mass is 16.6. The van der Waals surface area contributed by atoms with Crippen LogP contribution in [0.2, 0.25) is 0 Å². The number of nitrogens with one attached hydrogen (secondary N) is 2. The second-order valence-corrected chi connectivity index (χ2v) is 11.7. The van der Waals surface area contributed by atoms with Gasteiger partial charge in [-0.15, -0.1) is 0 Å². The molecule has 2 fully saturated rings. The Morgan fingerprint density at radius 1 is 1.17 bits per heavy atom. The lowest BCUT2D eigenvalue weighted by molar-refractivity contribution is -0.133. The largest absolute Gasteiger partial charge is 0.494 e. The average molecular weight is 571 g/mol. The Bertz CT molecular complexity index is 1240. The van der Waals surface area contributed by atoms with Gasteiger partial charge >= 0.3 is 6.09 Å². The number of nitrogens with zero attached hydrogens (tertiary/aromatic N) is 2. The molecule has 4 atom stereocenters. The van der Waals surface area contributed by atoms with Gasteiger partial charge in [-0.1, -0.05) is 13.3 Å². The molecule has 1 aromatic heterocycles. The molecule has 41 heavy (non-hydrogen) atoms. The van der Waals surface area contributed by atoms with Gasteiger partial charge in [0.1, 0.15) is 23.5 Å². The molecule has 2 heterocycles. The van der Waals surface area contributed by atoms with Crippen molar-refractivity contribution >= 4 is 28.7 Å². The molecular weight excluding hydrogens is 528 g/mol. The summed E-state index contributed by atoms with van der Waals surface area (Å²) < 4.78 is 17.5. The van der Waals surface area contributed by atoms with E-state index < -0.39 is 47.8 Å². The van der Waals surface area contributed by atoms with E-state index in [9.17, 15) is 19.5 Å². The molecule has 1 saturated heterocycles.